The molecule has 5 aromatic rings. The number of nitrogens with one attached hydrogen (secondary N) is 3. The SMILES string of the molecule is O=C(NS(=O)(=O)c1cnc(NCC2C3COCC23)c([N+](=O)[O-])c1)c1ccc(N2CCC3(CC2)CC(N2CCC4C[C@]42c2ccccc2C2CC2)C3)cc1Oc1cnc2[nH]ccc2c1. The number of H-pyrrole nitrogens is 1. The number of amides is 1. The highest BCUT2D eigenvalue weighted by atomic mass is 32.2. The van der Waals surface area contributed by atoms with Crippen molar-refractivity contribution in [3.05, 3.63) is 106 Å². The fraction of sp³-hybridized carbons (Fsp3) is 0.468. The quantitative estimate of drug-likeness (QED) is 0.0792. The predicted molar refractivity (Wildman–Crippen MR) is 234 cm³/mol. The maximum absolute atomic E-state index is 13.9. The third-order valence-electron chi connectivity index (χ3n) is 15.7. The Labute approximate surface area is 365 Å². The molecule has 16 heteroatoms. The Morgan fingerprint density at radius 1 is 0.968 bits per heavy atom. The lowest BCUT2D eigenvalue weighted by molar-refractivity contribution is -0.384. The number of rotatable bonds is 13. The Kier molecular flexibility index (Phi) is 8.97. The normalized spacial score (nSPS) is 27.1. The number of aromatic amines is 1. The van der Waals surface area contributed by atoms with E-state index in [0.717, 1.165) is 61.1 Å². The highest BCUT2D eigenvalue weighted by Gasteiger charge is 2.67. The number of sulfonamides is 1. The number of carbonyl (C=O) groups is 1. The summed E-state index contributed by atoms with van der Waals surface area (Å²) in [6.45, 7) is 4.73. The number of nitrogens with zero attached hydrogens (tertiary/aromatic N) is 5. The first-order valence-electron chi connectivity index (χ1n) is 22.5. The van der Waals surface area contributed by atoms with Crippen molar-refractivity contribution in [1.82, 2.24) is 24.6 Å². The van der Waals surface area contributed by atoms with E-state index < -0.39 is 31.4 Å². The van der Waals surface area contributed by atoms with E-state index in [9.17, 15) is 23.3 Å². The van der Waals surface area contributed by atoms with Gasteiger partial charge in [-0.2, -0.15) is 0 Å². The van der Waals surface area contributed by atoms with E-state index in [0.29, 0.717) is 60.4 Å². The van der Waals surface area contributed by atoms with Crippen LogP contribution >= 0.6 is 0 Å². The highest BCUT2D eigenvalue weighted by molar-refractivity contribution is 7.90. The largest absolute Gasteiger partial charge is 0.455 e. The van der Waals surface area contributed by atoms with Gasteiger partial charge in [0.15, 0.2) is 0 Å². The van der Waals surface area contributed by atoms with Crippen LogP contribution in [-0.2, 0) is 20.3 Å². The van der Waals surface area contributed by atoms with Crippen molar-refractivity contribution >= 4 is 44.2 Å². The van der Waals surface area contributed by atoms with Crippen LogP contribution in [-0.4, -0.2) is 84.5 Å². The maximum atomic E-state index is 13.9. The summed E-state index contributed by atoms with van der Waals surface area (Å²) in [6.07, 6.45) is 14.2. The topological polar surface area (TPSA) is 185 Å². The molecule has 7 aliphatic rings. The van der Waals surface area contributed by atoms with E-state index in [1.165, 1.54) is 45.1 Å². The van der Waals surface area contributed by atoms with Crippen LogP contribution in [0.25, 0.3) is 11.0 Å². The molecule has 3 N–H and O–H groups in total. The van der Waals surface area contributed by atoms with E-state index in [1.54, 1.807) is 41.7 Å². The molecule has 3 unspecified atom stereocenters. The lowest BCUT2D eigenvalue weighted by atomic mass is 9.59. The molecule has 2 aromatic carbocycles. The van der Waals surface area contributed by atoms with Crippen LogP contribution in [0.2, 0.25) is 0 Å². The van der Waals surface area contributed by atoms with E-state index in [2.05, 4.69) is 59.1 Å². The minimum Gasteiger partial charge on any atom is -0.455 e. The molecule has 0 radical (unpaired) electrons. The zero-order chi connectivity index (χ0) is 42.7. The smallest absolute Gasteiger partial charge is 0.312 e. The van der Waals surface area contributed by atoms with Crippen LogP contribution in [0.4, 0.5) is 17.2 Å². The van der Waals surface area contributed by atoms with Crippen LogP contribution in [0.5, 0.6) is 11.5 Å². The molecule has 6 heterocycles. The summed E-state index contributed by atoms with van der Waals surface area (Å²) < 4.78 is 41.3. The Morgan fingerprint density at radius 2 is 1.78 bits per heavy atom. The van der Waals surface area contributed by atoms with Crippen LogP contribution < -0.4 is 19.7 Å². The summed E-state index contributed by atoms with van der Waals surface area (Å²) in [5.41, 5.74) is 4.81. The molecule has 63 heavy (non-hydrogen) atoms. The molecule has 4 atom stereocenters. The number of nitro groups is 1. The molecule has 3 saturated heterocycles. The molecule has 4 saturated carbocycles. The Morgan fingerprint density at radius 3 is 2.56 bits per heavy atom. The first kappa shape index (κ1) is 39.0. The summed E-state index contributed by atoms with van der Waals surface area (Å²) in [6, 6.07) is 19.7. The summed E-state index contributed by atoms with van der Waals surface area (Å²) in [4.78, 5) is 41.7. The van der Waals surface area contributed by atoms with Gasteiger partial charge in [-0.15, -0.1) is 0 Å². The molecular formula is C47H50N8O7S. The van der Waals surface area contributed by atoms with Crippen molar-refractivity contribution in [2.75, 3.05) is 49.6 Å². The van der Waals surface area contributed by atoms with E-state index >= 15 is 0 Å². The van der Waals surface area contributed by atoms with E-state index in [1.807, 2.05) is 12.1 Å². The second-order valence-corrected chi connectivity index (χ2v) is 20.9. The van der Waals surface area contributed by atoms with Gasteiger partial charge in [-0.1, -0.05) is 24.3 Å². The molecule has 0 bridgehead atoms. The number of piperidine rings is 2. The lowest BCUT2D eigenvalue weighted by Crippen LogP contribution is -2.56. The molecule has 12 rings (SSSR count). The first-order valence-corrected chi connectivity index (χ1v) is 24.0. The van der Waals surface area contributed by atoms with Crippen molar-refractivity contribution in [2.24, 2.45) is 29.1 Å². The fourth-order valence-corrected chi connectivity index (χ4v) is 12.9. The van der Waals surface area contributed by atoms with Gasteiger partial charge in [0.1, 0.15) is 22.0 Å². The third-order valence-corrected chi connectivity index (χ3v) is 17.0. The Balaban J connectivity index is 0.751. The predicted octanol–water partition coefficient (Wildman–Crippen LogP) is 7.33. The molecule has 4 aliphatic carbocycles. The summed E-state index contributed by atoms with van der Waals surface area (Å²) >= 11 is 0. The standard InChI is InChI=1S/C47H50N8O7S/c56-45(52-63(59,60)34-19-41(55(57)58)44(50-24-34)51-25-37-38-26-61-27-39(37)38)36-8-7-31(18-42(36)62-33-17-29-9-13-48-43(29)49-23-33)53-15-11-46(12-16-53)21-32(22-46)54-14-10-30-20-47(30,54)40-4-2-1-3-35(40)28-5-6-28/h1-4,7-9,13,17-19,23-24,28,30,32,37-39H,5-6,10-12,14-16,20-22,25-27H2,(H,48,49)(H,50,51)(H,52,56)/t30?,37?,38?,39?,47-/m1/s1. The van der Waals surface area contributed by atoms with Crippen molar-refractivity contribution in [3.8, 4) is 11.5 Å². The Hall–Kier alpha value is -5.58. The zero-order valence-electron chi connectivity index (χ0n) is 34.9. The molecule has 1 amide bonds. The van der Waals surface area contributed by atoms with Crippen LogP contribution in [0.3, 0.4) is 0 Å². The van der Waals surface area contributed by atoms with Gasteiger partial charge in [0.2, 0.25) is 5.82 Å². The molecular weight excluding hydrogens is 821 g/mol. The molecule has 326 valence electrons. The van der Waals surface area contributed by atoms with E-state index in [4.69, 9.17) is 9.47 Å². The zero-order valence-corrected chi connectivity index (χ0v) is 35.7. The minimum absolute atomic E-state index is 0.0207. The number of likely N-dealkylation sites (tertiary alicyclic amines) is 1. The van der Waals surface area contributed by atoms with E-state index in [-0.39, 0.29) is 22.7 Å². The lowest BCUT2D eigenvalue weighted by Gasteiger charge is -2.56. The number of carbonyl (C=O) groups excluding carboxylic acids is 1. The van der Waals surface area contributed by atoms with Gasteiger partial charge in [0.25, 0.3) is 15.9 Å². The molecule has 3 aromatic heterocycles. The number of hydrogen-bond donors (Lipinski definition) is 3. The number of ether oxygens (including phenoxy) is 2. The third kappa shape index (κ3) is 6.74. The summed E-state index contributed by atoms with van der Waals surface area (Å²) in [7, 11) is -4.59. The van der Waals surface area contributed by atoms with Gasteiger partial charge in [0.05, 0.1) is 36.1 Å². The van der Waals surface area contributed by atoms with Crippen molar-refractivity contribution in [2.45, 2.75) is 73.8 Å². The van der Waals surface area contributed by atoms with Gasteiger partial charge in [0, 0.05) is 60.6 Å². The molecule has 15 nitrogen and oxygen atoms in total. The number of fused-ring (bicyclic) bond motifs is 3. The van der Waals surface area contributed by atoms with Crippen molar-refractivity contribution < 1.29 is 27.6 Å². The van der Waals surface area contributed by atoms with Crippen LogP contribution in [0.15, 0.2) is 84.1 Å². The summed E-state index contributed by atoms with van der Waals surface area (Å²) in [5.74, 6) is 2.27. The van der Waals surface area contributed by atoms with Gasteiger partial charge < -0.3 is 24.7 Å². The molecule has 1 spiro atoms. The maximum Gasteiger partial charge on any atom is 0.312 e. The van der Waals surface area contributed by atoms with Gasteiger partial charge in [-0.25, -0.2) is 23.1 Å². The van der Waals surface area contributed by atoms with Gasteiger partial charge >= 0.3 is 5.69 Å². The summed E-state index contributed by atoms with van der Waals surface area (Å²) in [5, 5.41) is 15.9. The first-order chi connectivity index (χ1) is 30.6. The van der Waals surface area contributed by atoms with Gasteiger partial charge in [-0.05, 0) is 128 Å². The minimum atomic E-state index is -4.59. The van der Waals surface area contributed by atoms with Gasteiger partial charge in [-0.3, -0.25) is 19.8 Å². The number of anilines is 2. The average molecular weight is 871 g/mol. The second-order valence-electron chi connectivity index (χ2n) is 19.2. The highest BCUT2D eigenvalue weighted by Crippen LogP contribution is 2.68. The number of hydrogen-bond acceptors (Lipinski definition) is 12. The monoisotopic (exact) mass is 870 g/mol. The van der Waals surface area contributed by atoms with Crippen LogP contribution in [0.1, 0.15) is 78.8 Å². The van der Waals surface area contributed by atoms with Crippen molar-refractivity contribution in [1.29, 1.82) is 0 Å². The average Bonchev–Trinajstić information content (AvgIpc) is 4.22. The number of pyridine rings is 2. The fourth-order valence-electron chi connectivity index (χ4n) is 12.0. The van der Waals surface area contributed by atoms with Crippen LogP contribution in [0, 0.1) is 39.2 Å². The van der Waals surface area contributed by atoms with Crippen molar-refractivity contribution in [3.63, 3.8) is 0 Å². The molecule has 3 aliphatic heterocycles. The Bertz CT molecular complexity index is 2770. The number of benzene rings is 2. The molecule has 7 fully saturated rings. The number of aromatic nitrogens is 3. The second kappa shape index (κ2) is 14.5.